The summed E-state index contributed by atoms with van der Waals surface area (Å²) in [5.74, 6) is -0.620. The average molecular weight is 281 g/mol. The smallest absolute Gasteiger partial charge is 0.189 e. The zero-order chi connectivity index (χ0) is 14.4. The summed E-state index contributed by atoms with van der Waals surface area (Å²) in [7, 11) is 0. The number of nitrogens with two attached hydrogens (primary N) is 1. The van der Waals surface area contributed by atoms with Gasteiger partial charge in [-0.25, -0.2) is 13.8 Å². The first kappa shape index (κ1) is 14.8. The number of benzene rings is 1. The predicted molar refractivity (Wildman–Crippen MR) is 76.3 cm³/mol. The van der Waals surface area contributed by atoms with Crippen LogP contribution in [0.1, 0.15) is 44.1 Å². The molecule has 1 fully saturated rings. The lowest BCUT2D eigenvalue weighted by Gasteiger charge is -2.16. The molecule has 0 unspecified atom stereocenters. The van der Waals surface area contributed by atoms with Gasteiger partial charge in [0.2, 0.25) is 0 Å². The highest BCUT2D eigenvalue weighted by Crippen LogP contribution is 2.17. The molecule has 5 heteroatoms. The topological polar surface area (TPSA) is 50.4 Å². The zero-order valence-corrected chi connectivity index (χ0v) is 11.5. The first-order chi connectivity index (χ1) is 9.65. The number of nitrogens with one attached hydrogen (secondary N) is 1. The highest BCUT2D eigenvalue weighted by molar-refractivity contribution is 5.78. The third-order valence-electron chi connectivity index (χ3n) is 3.63. The van der Waals surface area contributed by atoms with E-state index >= 15 is 0 Å². The maximum absolute atomic E-state index is 13.4. The Balaban J connectivity index is 1.91. The van der Waals surface area contributed by atoms with E-state index < -0.39 is 11.6 Å². The second-order valence-electron chi connectivity index (χ2n) is 5.27. The number of nitrogens with zero attached hydrogens (tertiary/aromatic N) is 1. The molecule has 0 atom stereocenters. The summed E-state index contributed by atoms with van der Waals surface area (Å²) in [6.45, 7) is 0.0507. The van der Waals surface area contributed by atoms with E-state index in [2.05, 4.69) is 10.3 Å². The number of rotatable bonds is 3. The molecule has 1 saturated carbocycles. The van der Waals surface area contributed by atoms with Crippen LogP contribution in [0.5, 0.6) is 0 Å². The lowest BCUT2D eigenvalue weighted by molar-refractivity contribution is 0.529. The van der Waals surface area contributed by atoms with Crippen LogP contribution in [0.25, 0.3) is 0 Å². The van der Waals surface area contributed by atoms with Crippen LogP contribution >= 0.6 is 0 Å². The van der Waals surface area contributed by atoms with Gasteiger partial charge in [0.05, 0.1) is 6.54 Å². The largest absolute Gasteiger partial charge is 0.370 e. The quantitative estimate of drug-likeness (QED) is 0.508. The Hall–Kier alpha value is -1.65. The Bertz CT molecular complexity index is 466. The van der Waals surface area contributed by atoms with Gasteiger partial charge in [0.1, 0.15) is 11.6 Å². The molecule has 1 aromatic rings. The fraction of sp³-hybridized carbons (Fsp3) is 0.533. The van der Waals surface area contributed by atoms with E-state index in [0.29, 0.717) is 12.0 Å². The standard InChI is InChI=1S/C15H21F2N3/c16-12-7-8-14(17)11(9-12)10-19-15(18)20-13-5-3-1-2-4-6-13/h7-9,13H,1-6,10H2,(H3,18,19,20). The normalized spacial score (nSPS) is 17.8. The van der Waals surface area contributed by atoms with Gasteiger partial charge in [-0.2, -0.15) is 0 Å². The van der Waals surface area contributed by atoms with E-state index in [1.54, 1.807) is 0 Å². The molecule has 1 aliphatic rings. The van der Waals surface area contributed by atoms with E-state index in [1.807, 2.05) is 0 Å². The van der Waals surface area contributed by atoms with Crippen LogP contribution in [0.3, 0.4) is 0 Å². The predicted octanol–water partition coefficient (Wildman–Crippen LogP) is 3.09. The first-order valence-electron chi connectivity index (χ1n) is 7.15. The van der Waals surface area contributed by atoms with Crippen molar-refractivity contribution in [3.05, 3.63) is 35.4 Å². The molecule has 20 heavy (non-hydrogen) atoms. The van der Waals surface area contributed by atoms with Gasteiger partial charge < -0.3 is 11.1 Å². The van der Waals surface area contributed by atoms with Gasteiger partial charge in [0.15, 0.2) is 5.96 Å². The number of hydrogen-bond donors (Lipinski definition) is 2. The van der Waals surface area contributed by atoms with Gasteiger partial charge in [-0.15, -0.1) is 0 Å². The van der Waals surface area contributed by atoms with E-state index in [-0.39, 0.29) is 12.1 Å². The van der Waals surface area contributed by atoms with Crippen LogP contribution in [-0.2, 0) is 6.54 Å². The van der Waals surface area contributed by atoms with E-state index in [9.17, 15) is 8.78 Å². The van der Waals surface area contributed by atoms with Crippen molar-refractivity contribution >= 4 is 5.96 Å². The van der Waals surface area contributed by atoms with Crippen molar-refractivity contribution < 1.29 is 8.78 Å². The van der Waals surface area contributed by atoms with Crippen LogP contribution in [0.15, 0.2) is 23.2 Å². The molecule has 0 bridgehead atoms. The number of hydrogen-bond acceptors (Lipinski definition) is 1. The molecular weight excluding hydrogens is 260 g/mol. The highest BCUT2D eigenvalue weighted by atomic mass is 19.1. The van der Waals surface area contributed by atoms with Gasteiger partial charge in [-0.05, 0) is 31.0 Å². The molecule has 0 spiro atoms. The Labute approximate surface area is 118 Å². The summed E-state index contributed by atoms with van der Waals surface area (Å²) < 4.78 is 26.5. The third-order valence-corrected chi connectivity index (χ3v) is 3.63. The number of aliphatic imine (C=N–C) groups is 1. The summed E-state index contributed by atoms with van der Waals surface area (Å²) in [5, 5.41) is 3.17. The van der Waals surface area contributed by atoms with Crippen LogP contribution < -0.4 is 11.1 Å². The molecule has 3 nitrogen and oxygen atoms in total. The van der Waals surface area contributed by atoms with Crippen LogP contribution in [0, 0.1) is 11.6 Å². The molecular formula is C15H21F2N3. The lowest BCUT2D eigenvalue weighted by atomic mass is 10.1. The van der Waals surface area contributed by atoms with Gasteiger partial charge in [-0.1, -0.05) is 25.7 Å². The van der Waals surface area contributed by atoms with E-state index in [4.69, 9.17) is 5.73 Å². The minimum absolute atomic E-state index is 0.0507. The minimum Gasteiger partial charge on any atom is -0.370 e. The van der Waals surface area contributed by atoms with Crippen LogP contribution in [0.2, 0.25) is 0 Å². The molecule has 2 rings (SSSR count). The van der Waals surface area contributed by atoms with Crippen LogP contribution in [0.4, 0.5) is 8.78 Å². The van der Waals surface area contributed by atoms with Gasteiger partial charge in [-0.3, -0.25) is 0 Å². The lowest BCUT2D eigenvalue weighted by Crippen LogP contribution is -2.39. The van der Waals surface area contributed by atoms with Gasteiger partial charge in [0.25, 0.3) is 0 Å². The van der Waals surface area contributed by atoms with Gasteiger partial charge >= 0.3 is 0 Å². The Morgan fingerprint density at radius 3 is 2.60 bits per heavy atom. The summed E-state index contributed by atoms with van der Waals surface area (Å²) in [6.07, 6.45) is 7.11. The molecule has 1 aliphatic carbocycles. The maximum Gasteiger partial charge on any atom is 0.189 e. The molecule has 0 radical (unpaired) electrons. The Morgan fingerprint density at radius 1 is 1.20 bits per heavy atom. The van der Waals surface area contributed by atoms with Crippen molar-refractivity contribution in [3.63, 3.8) is 0 Å². The molecule has 0 saturated heterocycles. The second kappa shape index (κ2) is 7.22. The second-order valence-corrected chi connectivity index (χ2v) is 5.27. The molecule has 0 aliphatic heterocycles. The Morgan fingerprint density at radius 2 is 1.90 bits per heavy atom. The third kappa shape index (κ3) is 4.47. The van der Waals surface area contributed by atoms with Gasteiger partial charge in [0, 0.05) is 11.6 Å². The van der Waals surface area contributed by atoms with Crippen molar-refractivity contribution in [2.75, 3.05) is 0 Å². The summed E-state index contributed by atoms with van der Waals surface area (Å²) in [5.41, 5.74) is 6.03. The van der Waals surface area contributed by atoms with Crippen molar-refractivity contribution in [3.8, 4) is 0 Å². The van der Waals surface area contributed by atoms with E-state index in [0.717, 1.165) is 31.0 Å². The number of guanidine groups is 1. The first-order valence-corrected chi connectivity index (χ1v) is 7.15. The van der Waals surface area contributed by atoms with Crippen molar-refractivity contribution in [1.29, 1.82) is 0 Å². The summed E-state index contributed by atoms with van der Waals surface area (Å²) in [4.78, 5) is 4.10. The SMILES string of the molecule is NC(=NCc1cc(F)ccc1F)NC1CCCCCC1. The molecule has 1 aromatic carbocycles. The molecule has 0 heterocycles. The van der Waals surface area contributed by atoms with Crippen molar-refractivity contribution in [2.45, 2.75) is 51.1 Å². The summed E-state index contributed by atoms with van der Waals surface area (Å²) in [6, 6.07) is 3.70. The Kier molecular flexibility index (Phi) is 5.32. The minimum atomic E-state index is -0.466. The monoisotopic (exact) mass is 281 g/mol. The fourth-order valence-electron chi connectivity index (χ4n) is 2.51. The maximum atomic E-state index is 13.4. The average Bonchev–Trinajstić information content (AvgIpc) is 2.68. The van der Waals surface area contributed by atoms with Crippen LogP contribution in [-0.4, -0.2) is 12.0 Å². The van der Waals surface area contributed by atoms with E-state index in [1.165, 1.54) is 25.7 Å². The molecule has 0 amide bonds. The summed E-state index contributed by atoms with van der Waals surface area (Å²) >= 11 is 0. The molecule has 3 N–H and O–H groups in total. The fourth-order valence-corrected chi connectivity index (χ4v) is 2.51. The van der Waals surface area contributed by atoms with Crippen molar-refractivity contribution in [2.24, 2.45) is 10.7 Å². The molecule has 110 valence electrons. The zero-order valence-electron chi connectivity index (χ0n) is 11.5. The highest BCUT2D eigenvalue weighted by Gasteiger charge is 2.12. The van der Waals surface area contributed by atoms with Crippen molar-refractivity contribution in [1.82, 2.24) is 5.32 Å². The number of halogens is 2. The molecule has 0 aromatic heterocycles.